The molecule has 0 amide bonds. The van der Waals surface area contributed by atoms with E-state index >= 15 is 0 Å². The number of nitrogens with zero attached hydrogens (tertiary/aromatic N) is 4. The van der Waals surface area contributed by atoms with Crippen molar-refractivity contribution in [3.05, 3.63) is 34.6 Å². The third kappa shape index (κ3) is 4.59. The minimum Gasteiger partial charge on any atom is -0.317 e. The summed E-state index contributed by atoms with van der Waals surface area (Å²) >= 11 is 3.46. The Morgan fingerprint density at radius 2 is 2.21 bits per heavy atom. The summed E-state index contributed by atoms with van der Waals surface area (Å²) in [6.45, 7) is 8.92. The van der Waals surface area contributed by atoms with Crippen LogP contribution in [0.5, 0.6) is 0 Å². The van der Waals surface area contributed by atoms with Gasteiger partial charge in [0.1, 0.15) is 5.82 Å². The van der Waals surface area contributed by atoms with Crippen LogP contribution in [0.1, 0.15) is 42.2 Å². The highest BCUT2D eigenvalue weighted by Gasteiger charge is 2.23. The summed E-state index contributed by atoms with van der Waals surface area (Å²) in [5.41, 5.74) is 1.13. The molecule has 1 saturated heterocycles. The maximum absolute atomic E-state index is 4.63. The highest BCUT2D eigenvalue weighted by Crippen LogP contribution is 2.29. The number of halogens is 1. The van der Waals surface area contributed by atoms with E-state index in [9.17, 15) is 0 Å². The number of thioether (sulfide) groups is 1. The van der Waals surface area contributed by atoms with Gasteiger partial charge in [0.2, 0.25) is 0 Å². The molecular weight excluding hydrogens is 362 g/mol. The lowest BCUT2D eigenvalue weighted by Crippen LogP contribution is -2.28. The van der Waals surface area contributed by atoms with Crippen molar-refractivity contribution in [2.45, 2.75) is 49.6 Å². The number of piperidine rings is 1. The normalized spacial score (nSPS) is 15.2. The number of aromatic nitrogens is 4. The molecule has 24 heavy (non-hydrogen) atoms. The molecule has 0 aliphatic carbocycles. The topological polar surface area (TPSA) is 55.6 Å². The molecule has 0 saturated carbocycles. The summed E-state index contributed by atoms with van der Waals surface area (Å²) in [5, 5.41) is 16.7. The van der Waals surface area contributed by atoms with Crippen LogP contribution in [0.3, 0.4) is 0 Å². The molecule has 132 valence electrons. The van der Waals surface area contributed by atoms with Crippen molar-refractivity contribution in [2.75, 3.05) is 13.1 Å². The number of hydrogen-bond acceptors (Lipinski definition) is 6. The fraction of sp³-hybridized carbons (Fsp3) is 0.562. The van der Waals surface area contributed by atoms with E-state index in [2.05, 4.69) is 43.9 Å². The summed E-state index contributed by atoms with van der Waals surface area (Å²) in [6.07, 6.45) is 5.19. The Bertz CT molecular complexity index is 649. The first kappa shape index (κ1) is 19.4. The Hall–Kier alpha value is -0.890. The molecule has 0 atom stereocenters. The van der Waals surface area contributed by atoms with Gasteiger partial charge in [0, 0.05) is 23.6 Å². The standard InChI is InChI=1S/C16H23N5S2.ClH/c1-3-9-21-15(12-5-7-17-8-6-12)19-20-16(21)23-11-13-10-22-14(4-2)18-13;/h3,10,12,17H,1,4-9,11H2,2H3;1H. The van der Waals surface area contributed by atoms with Crippen LogP contribution in [0.4, 0.5) is 0 Å². The molecule has 3 rings (SSSR count). The molecule has 2 aromatic heterocycles. The maximum Gasteiger partial charge on any atom is 0.191 e. The Morgan fingerprint density at radius 3 is 2.88 bits per heavy atom. The van der Waals surface area contributed by atoms with E-state index in [0.29, 0.717) is 5.92 Å². The van der Waals surface area contributed by atoms with Gasteiger partial charge in [-0.1, -0.05) is 24.8 Å². The number of nitrogens with one attached hydrogen (secondary N) is 1. The Balaban J connectivity index is 0.00000208. The first-order chi connectivity index (χ1) is 11.3. The highest BCUT2D eigenvalue weighted by atomic mass is 35.5. The molecule has 2 aromatic rings. The number of thiazole rings is 1. The second-order valence-electron chi connectivity index (χ2n) is 5.64. The SMILES string of the molecule is C=CCn1c(SCc2csc(CC)n2)nnc1C1CCNCC1.Cl. The number of hydrogen-bond donors (Lipinski definition) is 1. The number of allylic oxidation sites excluding steroid dienone is 1. The van der Waals surface area contributed by atoms with Gasteiger partial charge in [-0.25, -0.2) is 4.98 Å². The molecule has 1 fully saturated rings. The zero-order valence-corrected chi connectivity index (χ0v) is 16.4. The molecule has 1 aliphatic rings. The zero-order valence-electron chi connectivity index (χ0n) is 13.9. The minimum absolute atomic E-state index is 0. The van der Waals surface area contributed by atoms with Crippen molar-refractivity contribution in [1.82, 2.24) is 25.1 Å². The molecule has 1 N–H and O–H groups in total. The molecule has 3 heterocycles. The molecule has 8 heteroatoms. The second kappa shape index (κ2) is 9.56. The smallest absolute Gasteiger partial charge is 0.191 e. The van der Waals surface area contributed by atoms with Crippen molar-refractivity contribution in [1.29, 1.82) is 0 Å². The summed E-state index contributed by atoms with van der Waals surface area (Å²) in [7, 11) is 0. The fourth-order valence-corrected chi connectivity index (χ4v) is 4.50. The first-order valence-electron chi connectivity index (χ1n) is 8.12. The van der Waals surface area contributed by atoms with Crippen molar-refractivity contribution < 1.29 is 0 Å². The van der Waals surface area contributed by atoms with Crippen LogP contribution in [0.15, 0.2) is 23.2 Å². The van der Waals surface area contributed by atoms with Gasteiger partial charge in [-0.15, -0.1) is 40.5 Å². The van der Waals surface area contributed by atoms with Crippen LogP contribution in [0, 0.1) is 0 Å². The van der Waals surface area contributed by atoms with Crippen molar-refractivity contribution in [2.24, 2.45) is 0 Å². The van der Waals surface area contributed by atoms with E-state index in [4.69, 9.17) is 0 Å². The molecule has 0 unspecified atom stereocenters. The van der Waals surface area contributed by atoms with Crippen molar-refractivity contribution >= 4 is 35.5 Å². The summed E-state index contributed by atoms with van der Waals surface area (Å²) < 4.78 is 2.22. The van der Waals surface area contributed by atoms with Crippen molar-refractivity contribution in [3.63, 3.8) is 0 Å². The van der Waals surface area contributed by atoms with Crippen LogP contribution in [-0.4, -0.2) is 32.8 Å². The third-order valence-corrected chi connectivity index (χ3v) is 6.05. The lowest BCUT2D eigenvalue weighted by Gasteiger charge is -2.22. The molecule has 5 nitrogen and oxygen atoms in total. The molecule has 0 bridgehead atoms. The fourth-order valence-electron chi connectivity index (χ4n) is 2.81. The quantitative estimate of drug-likeness (QED) is 0.582. The molecule has 0 radical (unpaired) electrons. The Labute approximate surface area is 157 Å². The molecule has 1 aliphatic heterocycles. The van der Waals surface area contributed by atoms with Gasteiger partial charge in [-0.2, -0.15) is 0 Å². The number of aryl methyl sites for hydroxylation is 1. The largest absolute Gasteiger partial charge is 0.317 e. The van der Waals surface area contributed by atoms with Gasteiger partial charge < -0.3 is 9.88 Å². The maximum atomic E-state index is 4.63. The zero-order chi connectivity index (χ0) is 16.1. The van der Waals surface area contributed by atoms with Crippen LogP contribution >= 0.6 is 35.5 Å². The predicted octanol–water partition coefficient (Wildman–Crippen LogP) is 3.66. The van der Waals surface area contributed by atoms with E-state index in [1.807, 2.05) is 6.08 Å². The van der Waals surface area contributed by atoms with E-state index in [1.54, 1.807) is 23.1 Å². The lowest BCUT2D eigenvalue weighted by molar-refractivity contribution is 0.431. The average molecular weight is 386 g/mol. The van der Waals surface area contributed by atoms with E-state index < -0.39 is 0 Å². The van der Waals surface area contributed by atoms with Crippen molar-refractivity contribution in [3.8, 4) is 0 Å². The third-order valence-electron chi connectivity index (χ3n) is 4.01. The Kier molecular flexibility index (Phi) is 7.74. The number of rotatable bonds is 7. The second-order valence-corrected chi connectivity index (χ2v) is 7.52. The van der Waals surface area contributed by atoms with E-state index in [1.165, 1.54) is 5.01 Å². The van der Waals surface area contributed by atoms with E-state index in [-0.39, 0.29) is 12.4 Å². The molecule has 0 aromatic carbocycles. The summed E-state index contributed by atoms with van der Waals surface area (Å²) in [6, 6.07) is 0. The van der Waals surface area contributed by atoms with Gasteiger partial charge in [-0.3, -0.25) is 0 Å². The van der Waals surface area contributed by atoms with E-state index in [0.717, 1.165) is 61.3 Å². The molecular formula is C16H24ClN5S2. The van der Waals surface area contributed by atoms with Gasteiger partial charge >= 0.3 is 0 Å². The van der Waals surface area contributed by atoms with Crippen LogP contribution in [0.2, 0.25) is 0 Å². The minimum atomic E-state index is 0. The van der Waals surface area contributed by atoms with Crippen LogP contribution in [0.25, 0.3) is 0 Å². The highest BCUT2D eigenvalue weighted by molar-refractivity contribution is 7.98. The Morgan fingerprint density at radius 1 is 1.42 bits per heavy atom. The lowest BCUT2D eigenvalue weighted by atomic mass is 9.97. The monoisotopic (exact) mass is 385 g/mol. The summed E-state index contributed by atoms with van der Waals surface area (Å²) in [5.74, 6) is 2.46. The summed E-state index contributed by atoms with van der Waals surface area (Å²) in [4.78, 5) is 4.63. The van der Waals surface area contributed by atoms with Crippen LogP contribution in [-0.2, 0) is 18.7 Å². The predicted molar refractivity (Wildman–Crippen MR) is 103 cm³/mol. The average Bonchev–Trinajstić information content (AvgIpc) is 3.21. The van der Waals surface area contributed by atoms with Gasteiger partial charge in [-0.05, 0) is 32.4 Å². The molecule has 0 spiro atoms. The van der Waals surface area contributed by atoms with Gasteiger partial charge in [0.15, 0.2) is 5.16 Å². The first-order valence-corrected chi connectivity index (χ1v) is 9.99. The van der Waals surface area contributed by atoms with Crippen LogP contribution < -0.4 is 5.32 Å². The van der Waals surface area contributed by atoms with Gasteiger partial charge in [0.05, 0.1) is 10.7 Å². The van der Waals surface area contributed by atoms with Gasteiger partial charge in [0.25, 0.3) is 0 Å².